The smallest absolute Gasteiger partial charge is 0.305 e. The van der Waals surface area contributed by atoms with Crippen molar-refractivity contribution in [2.24, 2.45) is 0 Å². The molecule has 3 rings (SSSR count). The summed E-state index contributed by atoms with van der Waals surface area (Å²) in [6.07, 6.45) is 0.230. The van der Waals surface area contributed by atoms with E-state index in [1.165, 1.54) is 11.3 Å². The summed E-state index contributed by atoms with van der Waals surface area (Å²) < 4.78 is 0. The first-order valence-corrected chi connectivity index (χ1v) is 10.0. The van der Waals surface area contributed by atoms with E-state index in [0.29, 0.717) is 27.0 Å². The fraction of sp³-hybridized carbons (Fsp3) is 0.150. The second-order valence-corrected chi connectivity index (χ2v) is 7.74. The van der Waals surface area contributed by atoms with Gasteiger partial charge in [0, 0.05) is 17.0 Å². The first-order chi connectivity index (χ1) is 13.4. The van der Waals surface area contributed by atoms with Crippen molar-refractivity contribution in [3.05, 3.63) is 75.2 Å². The number of amides is 1. The lowest BCUT2D eigenvalue weighted by Crippen LogP contribution is -2.38. The molecule has 1 unspecified atom stereocenters. The van der Waals surface area contributed by atoms with Crippen LogP contribution in [0.3, 0.4) is 0 Å². The van der Waals surface area contributed by atoms with Gasteiger partial charge in [-0.3, -0.25) is 9.59 Å². The standard InChI is InChI=1S/C20H16Cl2N2O3S/c21-15-8-4-7-14(18(15)22)20-24-16(11-28-20)19(27)23-13(10-17(25)26)9-12-5-2-1-3-6-12/h1-8,11,13H,9-10H2,(H,23,27)(H,25,26). The van der Waals surface area contributed by atoms with Gasteiger partial charge in [-0.2, -0.15) is 0 Å². The molecule has 2 aromatic carbocycles. The number of thiazole rings is 1. The number of benzene rings is 2. The number of nitrogens with one attached hydrogen (secondary N) is 1. The Kier molecular flexibility index (Phi) is 6.67. The van der Waals surface area contributed by atoms with Gasteiger partial charge in [0.05, 0.1) is 16.5 Å². The molecular weight excluding hydrogens is 419 g/mol. The van der Waals surface area contributed by atoms with Gasteiger partial charge >= 0.3 is 5.97 Å². The molecule has 0 fully saturated rings. The summed E-state index contributed by atoms with van der Waals surface area (Å²) in [4.78, 5) is 28.1. The average Bonchev–Trinajstić information content (AvgIpc) is 3.14. The van der Waals surface area contributed by atoms with Gasteiger partial charge in [0.2, 0.25) is 0 Å². The number of carbonyl (C=O) groups excluding carboxylic acids is 1. The molecule has 144 valence electrons. The molecule has 0 saturated carbocycles. The SMILES string of the molecule is O=C(O)CC(Cc1ccccc1)NC(=O)c1csc(-c2cccc(Cl)c2Cl)n1. The predicted octanol–water partition coefficient (Wildman–Crippen LogP) is 4.93. The van der Waals surface area contributed by atoms with Crippen LogP contribution in [-0.2, 0) is 11.2 Å². The van der Waals surface area contributed by atoms with Gasteiger partial charge in [0.25, 0.3) is 5.91 Å². The van der Waals surface area contributed by atoms with Crippen LogP contribution in [0.15, 0.2) is 53.9 Å². The lowest BCUT2D eigenvalue weighted by Gasteiger charge is -2.16. The van der Waals surface area contributed by atoms with E-state index in [4.69, 9.17) is 28.3 Å². The van der Waals surface area contributed by atoms with Crippen LogP contribution >= 0.6 is 34.5 Å². The normalized spacial score (nSPS) is 11.8. The van der Waals surface area contributed by atoms with E-state index >= 15 is 0 Å². The number of aliphatic carboxylic acids is 1. The zero-order valence-corrected chi connectivity index (χ0v) is 16.9. The summed E-state index contributed by atoms with van der Waals surface area (Å²) in [6, 6.07) is 14.1. The largest absolute Gasteiger partial charge is 0.481 e. The maximum Gasteiger partial charge on any atom is 0.305 e. The minimum absolute atomic E-state index is 0.183. The third-order valence-corrected chi connectivity index (χ3v) is 5.69. The summed E-state index contributed by atoms with van der Waals surface area (Å²) >= 11 is 13.5. The Labute approximate surface area is 176 Å². The first kappa shape index (κ1) is 20.3. The number of carboxylic acid groups (broad SMARTS) is 1. The summed E-state index contributed by atoms with van der Waals surface area (Å²) in [6.45, 7) is 0. The zero-order valence-electron chi connectivity index (χ0n) is 14.6. The van der Waals surface area contributed by atoms with Gasteiger partial charge in [0.1, 0.15) is 10.7 Å². The molecule has 0 bridgehead atoms. The average molecular weight is 435 g/mol. The van der Waals surface area contributed by atoms with Gasteiger partial charge in [-0.1, -0.05) is 65.7 Å². The molecule has 0 aliphatic rings. The minimum Gasteiger partial charge on any atom is -0.481 e. The van der Waals surface area contributed by atoms with Crippen molar-refractivity contribution in [2.45, 2.75) is 18.9 Å². The minimum atomic E-state index is -0.981. The third kappa shape index (κ3) is 5.10. The van der Waals surface area contributed by atoms with Crippen molar-refractivity contribution >= 4 is 46.4 Å². The van der Waals surface area contributed by atoms with E-state index < -0.39 is 17.9 Å². The van der Waals surface area contributed by atoms with Crippen molar-refractivity contribution in [3.63, 3.8) is 0 Å². The predicted molar refractivity (Wildman–Crippen MR) is 111 cm³/mol. The number of hydrogen-bond acceptors (Lipinski definition) is 4. The molecule has 0 saturated heterocycles. The third-order valence-electron chi connectivity index (χ3n) is 4.00. The quantitative estimate of drug-likeness (QED) is 0.552. The van der Waals surface area contributed by atoms with Gasteiger partial charge in [-0.15, -0.1) is 11.3 Å². The van der Waals surface area contributed by atoms with E-state index in [0.717, 1.165) is 5.56 Å². The molecule has 5 nitrogen and oxygen atoms in total. The zero-order chi connectivity index (χ0) is 20.1. The Hall–Kier alpha value is -2.41. The van der Waals surface area contributed by atoms with Crippen LogP contribution in [-0.4, -0.2) is 28.0 Å². The fourth-order valence-electron chi connectivity index (χ4n) is 2.71. The highest BCUT2D eigenvalue weighted by atomic mass is 35.5. The number of nitrogens with zero attached hydrogens (tertiary/aromatic N) is 1. The van der Waals surface area contributed by atoms with Crippen LogP contribution in [0.4, 0.5) is 0 Å². The van der Waals surface area contributed by atoms with Crippen molar-refractivity contribution in [1.29, 1.82) is 0 Å². The molecule has 28 heavy (non-hydrogen) atoms. The maximum absolute atomic E-state index is 12.6. The van der Waals surface area contributed by atoms with Gasteiger partial charge in [-0.25, -0.2) is 4.98 Å². The second-order valence-electron chi connectivity index (χ2n) is 6.10. The van der Waals surface area contributed by atoms with E-state index in [1.807, 2.05) is 30.3 Å². The van der Waals surface area contributed by atoms with Crippen LogP contribution < -0.4 is 5.32 Å². The van der Waals surface area contributed by atoms with E-state index in [-0.39, 0.29) is 12.1 Å². The number of aromatic nitrogens is 1. The van der Waals surface area contributed by atoms with Gasteiger partial charge in [-0.05, 0) is 18.1 Å². The summed E-state index contributed by atoms with van der Waals surface area (Å²) in [5, 5.41) is 14.9. The molecule has 8 heteroatoms. The summed E-state index contributed by atoms with van der Waals surface area (Å²) in [7, 11) is 0. The van der Waals surface area contributed by atoms with Crippen LogP contribution in [0, 0.1) is 0 Å². The molecule has 1 aromatic heterocycles. The maximum atomic E-state index is 12.6. The molecule has 0 radical (unpaired) electrons. The number of hydrogen-bond donors (Lipinski definition) is 2. The lowest BCUT2D eigenvalue weighted by atomic mass is 10.0. The Bertz CT molecular complexity index is 992. The topological polar surface area (TPSA) is 79.3 Å². The molecule has 0 aliphatic carbocycles. The highest BCUT2D eigenvalue weighted by Crippen LogP contribution is 2.34. The second kappa shape index (κ2) is 9.19. The van der Waals surface area contributed by atoms with Crippen LogP contribution in [0.2, 0.25) is 10.0 Å². The Morgan fingerprint density at radius 1 is 1.11 bits per heavy atom. The highest BCUT2D eigenvalue weighted by molar-refractivity contribution is 7.13. The van der Waals surface area contributed by atoms with Crippen molar-refractivity contribution in [2.75, 3.05) is 0 Å². The lowest BCUT2D eigenvalue weighted by molar-refractivity contribution is -0.137. The molecule has 2 N–H and O–H groups in total. The van der Waals surface area contributed by atoms with Crippen LogP contribution in [0.5, 0.6) is 0 Å². The Balaban J connectivity index is 1.76. The molecule has 0 spiro atoms. The summed E-state index contributed by atoms with van der Waals surface area (Å²) in [5.74, 6) is -1.41. The van der Waals surface area contributed by atoms with Crippen molar-refractivity contribution < 1.29 is 14.7 Å². The Morgan fingerprint density at radius 3 is 2.57 bits per heavy atom. The first-order valence-electron chi connectivity index (χ1n) is 8.40. The monoisotopic (exact) mass is 434 g/mol. The number of carboxylic acids is 1. The molecule has 0 aliphatic heterocycles. The molecule has 1 atom stereocenters. The molecule has 1 amide bonds. The van der Waals surface area contributed by atoms with E-state index in [1.54, 1.807) is 23.6 Å². The fourth-order valence-corrected chi connectivity index (χ4v) is 3.99. The molecule has 3 aromatic rings. The van der Waals surface area contributed by atoms with Gasteiger partial charge in [0.15, 0.2) is 0 Å². The van der Waals surface area contributed by atoms with Crippen molar-refractivity contribution in [3.8, 4) is 10.6 Å². The summed E-state index contributed by atoms with van der Waals surface area (Å²) in [5.41, 5.74) is 1.79. The molecule has 1 heterocycles. The number of halogens is 2. The number of carbonyl (C=O) groups is 2. The van der Waals surface area contributed by atoms with E-state index in [9.17, 15) is 9.59 Å². The highest BCUT2D eigenvalue weighted by Gasteiger charge is 2.20. The van der Waals surface area contributed by atoms with Crippen molar-refractivity contribution in [1.82, 2.24) is 10.3 Å². The van der Waals surface area contributed by atoms with Crippen LogP contribution in [0.25, 0.3) is 10.6 Å². The Morgan fingerprint density at radius 2 is 1.86 bits per heavy atom. The number of rotatable bonds is 7. The van der Waals surface area contributed by atoms with Gasteiger partial charge < -0.3 is 10.4 Å². The van der Waals surface area contributed by atoms with Crippen LogP contribution in [0.1, 0.15) is 22.5 Å². The molecular formula is C20H16Cl2N2O3S. The van der Waals surface area contributed by atoms with E-state index in [2.05, 4.69) is 10.3 Å².